The number of amides is 2. The Labute approximate surface area is 169 Å². The van der Waals surface area contributed by atoms with Gasteiger partial charge < -0.3 is 20.8 Å². The summed E-state index contributed by atoms with van der Waals surface area (Å²) in [7, 11) is -4.10. The van der Waals surface area contributed by atoms with Crippen molar-refractivity contribution in [1.82, 2.24) is 14.6 Å². The molecule has 4 N–H and O–H groups in total. The van der Waals surface area contributed by atoms with E-state index in [0.29, 0.717) is 15.4 Å². The molecule has 2 heterocycles. The number of halogens is 1. The molecule has 1 saturated heterocycles. The van der Waals surface area contributed by atoms with Gasteiger partial charge in [0.1, 0.15) is 16.7 Å². The number of carbonyl (C=O) groups is 2. The highest BCUT2D eigenvalue weighted by Gasteiger charge is 2.38. The third-order valence-corrected chi connectivity index (χ3v) is 7.25. The molecule has 2 amide bonds. The summed E-state index contributed by atoms with van der Waals surface area (Å²) in [6.45, 7) is 0.0358. The van der Waals surface area contributed by atoms with Crippen LogP contribution < -0.4 is 11.1 Å². The van der Waals surface area contributed by atoms with E-state index in [1.165, 1.54) is 4.31 Å². The molecule has 2 fully saturated rings. The van der Waals surface area contributed by atoms with Crippen molar-refractivity contribution in [3.8, 4) is 0 Å². The number of H-pyrrole nitrogens is 1. The van der Waals surface area contributed by atoms with E-state index in [0.717, 1.165) is 12.8 Å². The number of nitrogens with zero attached hydrogens (tertiary/aromatic N) is 1. The van der Waals surface area contributed by atoms with Crippen LogP contribution in [0, 0.1) is 0 Å². The summed E-state index contributed by atoms with van der Waals surface area (Å²) in [5, 5.41) is 3.18. The topological polar surface area (TPSA) is 135 Å². The lowest BCUT2D eigenvalue weighted by atomic mass is 10.2. The average Bonchev–Trinajstić information content (AvgIpc) is 3.38. The number of ether oxygens (including phenoxy) is 1. The second-order valence-electron chi connectivity index (χ2n) is 6.89. The fraction of sp³-hybridized carbons (Fsp3) is 0.412. The summed E-state index contributed by atoms with van der Waals surface area (Å²) >= 11 is 3.32. The Morgan fingerprint density at radius 1 is 1.32 bits per heavy atom. The van der Waals surface area contributed by atoms with E-state index in [2.05, 4.69) is 26.2 Å². The van der Waals surface area contributed by atoms with Crippen LogP contribution >= 0.6 is 15.9 Å². The van der Waals surface area contributed by atoms with Crippen molar-refractivity contribution in [1.29, 1.82) is 0 Å². The molecule has 1 atom stereocenters. The first kappa shape index (κ1) is 19.4. The number of aromatic amines is 1. The summed E-state index contributed by atoms with van der Waals surface area (Å²) < 4.78 is 34.1. The number of nitrogens with one attached hydrogen (secondary N) is 2. The highest BCUT2D eigenvalue weighted by atomic mass is 79.9. The van der Waals surface area contributed by atoms with Gasteiger partial charge in [-0.25, -0.2) is 8.42 Å². The first-order chi connectivity index (χ1) is 13.3. The predicted octanol–water partition coefficient (Wildman–Crippen LogP) is 0.697. The van der Waals surface area contributed by atoms with E-state index in [1.54, 1.807) is 18.2 Å². The molecule has 11 heteroatoms. The summed E-state index contributed by atoms with van der Waals surface area (Å²) in [6.07, 6.45) is 0.956. The third-order valence-electron chi connectivity index (χ3n) is 4.80. The molecule has 4 rings (SSSR count). The first-order valence-corrected chi connectivity index (χ1v) is 11.0. The van der Waals surface area contributed by atoms with Crippen molar-refractivity contribution in [2.24, 2.45) is 5.73 Å². The maximum atomic E-state index is 13.4. The van der Waals surface area contributed by atoms with Gasteiger partial charge in [0.2, 0.25) is 10.0 Å². The van der Waals surface area contributed by atoms with Crippen molar-refractivity contribution in [3.63, 3.8) is 0 Å². The zero-order valence-corrected chi connectivity index (χ0v) is 17.2. The number of hydrogen-bond acceptors (Lipinski definition) is 5. The normalized spacial score (nSPS) is 21.0. The number of carbonyl (C=O) groups excluding carboxylic acids is 2. The standard InChI is InChI=1S/C17H19BrN4O5S/c18-9-1-4-12-11(7-9)15(14(21-12)16(19)23)28(25,26)22-5-6-27-13(8-22)17(24)20-10-2-3-10/h1,4,7,10,13,21H,2-3,5-6,8H2,(H2,19,23)(H,20,24). The van der Waals surface area contributed by atoms with Gasteiger partial charge in [0, 0.05) is 34.5 Å². The van der Waals surface area contributed by atoms with Gasteiger partial charge in [-0.1, -0.05) is 15.9 Å². The molecule has 0 spiro atoms. The Morgan fingerprint density at radius 2 is 2.07 bits per heavy atom. The fourth-order valence-electron chi connectivity index (χ4n) is 3.23. The molecule has 2 aromatic rings. The number of benzene rings is 1. The predicted molar refractivity (Wildman–Crippen MR) is 104 cm³/mol. The zero-order valence-electron chi connectivity index (χ0n) is 14.8. The summed E-state index contributed by atoms with van der Waals surface area (Å²) in [6, 6.07) is 5.15. The Morgan fingerprint density at radius 3 is 2.75 bits per heavy atom. The van der Waals surface area contributed by atoms with Gasteiger partial charge in [0.15, 0.2) is 0 Å². The largest absolute Gasteiger partial charge is 0.366 e. The number of aromatic nitrogens is 1. The Kier molecular flexibility index (Phi) is 4.94. The van der Waals surface area contributed by atoms with Crippen LogP contribution in [-0.4, -0.2) is 61.4 Å². The number of morpholine rings is 1. The van der Waals surface area contributed by atoms with Crippen LogP contribution in [0.4, 0.5) is 0 Å². The second-order valence-corrected chi connectivity index (χ2v) is 9.68. The number of nitrogens with two attached hydrogens (primary N) is 1. The molecule has 0 radical (unpaired) electrons. The minimum atomic E-state index is -4.10. The van der Waals surface area contributed by atoms with Crippen molar-refractivity contribution in [2.75, 3.05) is 19.7 Å². The Balaban J connectivity index is 1.71. The summed E-state index contributed by atoms with van der Waals surface area (Å²) in [5.74, 6) is -1.19. The lowest BCUT2D eigenvalue weighted by Gasteiger charge is -2.31. The molecule has 28 heavy (non-hydrogen) atoms. The summed E-state index contributed by atoms with van der Waals surface area (Å²) in [4.78, 5) is 26.8. The lowest BCUT2D eigenvalue weighted by molar-refractivity contribution is -0.136. The van der Waals surface area contributed by atoms with Gasteiger partial charge in [-0.05, 0) is 31.0 Å². The van der Waals surface area contributed by atoms with Gasteiger partial charge in [0.05, 0.1) is 6.61 Å². The van der Waals surface area contributed by atoms with Crippen LogP contribution in [0.5, 0.6) is 0 Å². The minimum absolute atomic E-state index is 0.0778. The molecule has 150 valence electrons. The van der Waals surface area contributed by atoms with Gasteiger partial charge in [-0.15, -0.1) is 0 Å². The quantitative estimate of drug-likeness (QED) is 0.590. The van der Waals surface area contributed by atoms with Crippen LogP contribution in [0.1, 0.15) is 23.3 Å². The molecular formula is C17H19BrN4O5S. The number of rotatable bonds is 5. The van der Waals surface area contributed by atoms with E-state index in [4.69, 9.17) is 10.5 Å². The smallest absolute Gasteiger partial charge is 0.266 e. The Bertz CT molecular complexity index is 1060. The van der Waals surface area contributed by atoms with Crippen LogP contribution in [0.3, 0.4) is 0 Å². The van der Waals surface area contributed by atoms with E-state index in [1.807, 2.05) is 0 Å². The highest BCUT2D eigenvalue weighted by Crippen LogP contribution is 2.32. The van der Waals surface area contributed by atoms with Gasteiger partial charge in [-0.3, -0.25) is 9.59 Å². The van der Waals surface area contributed by atoms with E-state index in [9.17, 15) is 18.0 Å². The highest BCUT2D eigenvalue weighted by molar-refractivity contribution is 9.10. The van der Waals surface area contributed by atoms with Crippen LogP contribution in [0.2, 0.25) is 0 Å². The molecule has 1 saturated carbocycles. The average molecular weight is 471 g/mol. The van der Waals surface area contributed by atoms with Gasteiger partial charge in [0.25, 0.3) is 11.8 Å². The lowest BCUT2D eigenvalue weighted by Crippen LogP contribution is -2.52. The number of primary amides is 1. The maximum absolute atomic E-state index is 13.4. The molecular weight excluding hydrogens is 452 g/mol. The van der Waals surface area contributed by atoms with Crippen LogP contribution in [0.15, 0.2) is 27.6 Å². The monoisotopic (exact) mass is 470 g/mol. The SMILES string of the molecule is NC(=O)c1[nH]c2ccc(Br)cc2c1S(=O)(=O)N1CCOC(C(=O)NC2CC2)C1. The van der Waals surface area contributed by atoms with Gasteiger partial charge >= 0.3 is 0 Å². The van der Waals surface area contributed by atoms with Gasteiger partial charge in [-0.2, -0.15) is 4.31 Å². The molecule has 9 nitrogen and oxygen atoms in total. The molecule has 2 aliphatic rings. The van der Waals surface area contributed by atoms with E-state index in [-0.39, 0.29) is 42.2 Å². The fourth-order valence-corrected chi connectivity index (χ4v) is 5.36. The molecule has 0 bridgehead atoms. The first-order valence-electron chi connectivity index (χ1n) is 8.80. The van der Waals surface area contributed by atoms with Crippen molar-refractivity contribution >= 4 is 48.7 Å². The second kappa shape index (κ2) is 7.14. The van der Waals surface area contributed by atoms with E-state index >= 15 is 0 Å². The molecule has 1 aliphatic heterocycles. The third kappa shape index (κ3) is 3.54. The molecule has 1 aromatic heterocycles. The van der Waals surface area contributed by atoms with E-state index < -0.39 is 22.0 Å². The zero-order chi connectivity index (χ0) is 20.1. The minimum Gasteiger partial charge on any atom is -0.366 e. The van der Waals surface area contributed by atoms with Crippen LogP contribution in [-0.2, 0) is 19.6 Å². The van der Waals surface area contributed by atoms with Crippen molar-refractivity contribution in [3.05, 3.63) is 28.4 Å². The number of sulfonamides is 1. The summed E-state index contributed by atoms with van der Waals surface area (Å²) in [5.41, 5.74) is 5.72. The maximum Gasteiger partial charge on any atom is 0.266 e. The Hall–Kier alpha value is -1.95. The number of hydrogen-bond donors (Lipinski definition) is 3. The van der Waals surface area contributed by atoms with Crippen molar-refractivity contribution < 1.29 is 22.7 Å². The van der Waals surface area contributed by atoms with Crippen LogP contribution in [0.25, 0.3) is 10.9 Å². The van der Waals surface area contributed by atoms with Crippen molar-refractivity contribution in [2.45, 2.75) is 29.9 Å². The molecule has 1 aromatic carbocycles. The molecule has 1 aliphatic carbocycles. The molecule has 1 unspecified atom stereocenters. The number of fused-ring (bicyclic) bond motifs is 1.